The van der Waals surface area contributed by atoms with Crippen molar-refractivity contribution < 1.29 is 9.53 Å². The van der Waals surface area contributed by atoms with Gasteiger partial charge in [0.1, 0.15) is 6.04 Å². The van der Waals surface area contributed by atoms with Gasteiger partial charge in [0, 0.05) is 18.2 Å². The SMILES string of the molecule is COC(=O)C1Cc2ccccc2N1c1ccc(=O)n(Cc2ccccc2)n1. The quantitative estimate of drug-likeness (QED) is 0.668. The number of benzene rings is 2. The van der Waals surface area contributed by atoms with E-state index in [-0.39, 0.29) is 11.5 Å². The Labute approximate surface area is 156 Å². The molecule has 2 aromatic carbocycles. The molecule has 6 heteroatoms. The standard InChI is InChI=1S/C21H19N3O3/c1-27-21(26)18-13-16-9-5-6-10-17(16)24(18)19-11-12-20(25)23(22-19)14-15-7-3-2-4-8-15/h2-12,18H,13-14H2,1H3. The lowest BCUT2D eigenvalue weighted by molar-refractivity contribution is -0.141. The molecular weight excluding hydrogens is 342 g/mol. The van der Waals surface area contributed by atoms with E-state index in [4.69, 9.17) is 4.74 Å². The molecule has 0 saturated heterocycles. The Hall–Kier alpha value is -3.41. The van der Waals surface area contributed by atoms with E-state index in [1.807, 2.05) is 59.5 Å². The smallest absolute Gasteiger partial charge is 0.329 e. The molecule has 0 spiro atoms. The summed E-state index contributed by atoms with van der Waals surface area (Å²) < 4.78 is 6.41. The molecule has 1 unspecified atom stereocenters. The Balaban J connectivity index is 1.76. The number of anilines is 2. The van der Waals surface area contributed by atoms with Crippen LogP contribution in [-0.2, 0) is 22.5 Å². The molecule has 1 atom stereocenters. The Kier molecular flexibility index (Phi) is 4.46. The minimum atomic E-state index is -0.498. The summed E-state index contributed by atoms with van der Waals surface area (Å²) in [7, 11) is 1.38. The van der Waals surface area contributed by atoms with Gasteiger partial charge in [-0.3, -0.25) is 4.79 Å². The molecule has 1 aliphatic heterocycles. The molecule has 0 radical (unpaired) electrons. The fourth-order valence-corrected chi connectivity index (χ4v) is 3.43. The normalized spacial score (nSPS) is 15.4. The zero-order chi connectivity index (χ0) is 18.8. The van der Waals surface area contributed by atoms with Crippen molar-refractivity contribution in [2.24, 2.45) is 0 Å². The number of esters is 1. The van der Waals surface area contributed by atoms with Crippen LogP contribution >= 0.6 is 0 Å². The van der Waals surface area contributed by atoms with Gasteiger partial charge in [0.2, 0.25) is 0 Å². The van der Waals surface area contributed by atoms with Gasteiger partial charge < -0.3 is 9.64 Å². The summed E-state index contributed by atoms with van der Waals surface area (Å²) in [6.07, 6.45) is 0.544. The lowest BCUT2D eigenvalue weighted by atomic mass is 10.1. The highest BCUT2D eigenvalue weighted by atomic mass is 16.5. The molecule has 1 aliphatic rings. The molecule has 0 saturated carbocycles. The number of methoxy groups -OCH3 is 1. The minimum Gasteiger partial charge on any atom is -0.467 e. The lowest BCUT2D eigenvalue weighted by Crippen LogP contribution is -2.38. The van der Waals surface area contributed by atoms with Gasteiger partial charge in [-0.15, -0.1) is 0 Å². The molecule has 27 heavy (non-hydrogen) atoms. The van der Waals surface area contributed by atoms with Gasteiger partial charge in [0.25, 0.3) is 5.56 Å². The first kappa shape index (κ1) is 17.0. The number of carbonyl (C=O) groups is 1. The Morgan fingerprint density at radius 3 is 2.59 bits per heavy atom. The van der Waals surface area contributed by atoms with Crippen LogP contribution in [0.25, 0.3) is 0 Å². The highest BCUT2D eigenvalue weighted by molar-refractivity contribution is 5.87. The summed E-state index contributed by atoms with van der Waals surface area (Å²) in [5.74, 6) is 0.222. The van der Waals surface area contributed by atoms with Crippen molar-refractivity contribution >= 4 is 17.5 Å². The van der Waals surface area contributed by atoms with Gasteiger partial charge in [0.05, 0.1) is 13.7 Å². The number of ether oxygens (including phenoxy) is 1. The summed E-state index contributed by atoms with van der Waals surface area (Å²) in [5.41, 5.74) is 2.75. The number of carbonyl (C=O) groups excluding carboxylic acids is 1. The topological polar surface area (TPSA) is 64.4 Å². The Morgan fingerprint density at radius 1 is 1.07 bits per heavy atom. The number of rotatable bonds is 4. The highest BCUT2D eigenvalue weighted by Gasteiger charge is 2.37. The molecule has 4 rings (SSSR count). The fraction of sp³-hybridized carbons (Fsp3) is 0.190. The minimum absolute atomic E-state index is 0.190. The summed E-state index contributed by atoms with van der Waals surface area (Å²) in [5, 5.41) is 4.54. The van der Waals surface area contributed by atoms with Gasteiger partial charge in [-0.1, -0.05) is 48.5 Å². The van der Waals surface area contributed by atoms with Crippen LogP contribution in [0.1, 0.15) is 11.1 Å². The zero-order valence-corrected chi connectivity index (χ0v) is 14.9. The van der Waals surface area contributed by atoms with Crippen LogP contribution < -0.4 is 10.5 Å². The average Bonchev–Trinajstić information content (AvgIpc) is 3.09. The predicted molar refractivity (Wildman–Crippen MR) is 102 cm³/mol. The molecule has 6 nitrogen and oxygen atoms in total. The lowest BCUT2D eigenvalue weighted by Gasteiger charge is -2.25. The van der Waals surface area contributed by atoms with E-state index in [1.54, 1.807) is 6.07 Å². The van der Waals surface area contributed by atoms with Crippen LogP contribution in [0.15, 0.2) is 71.5 Å². The van der Waals surface area contributed by atoms with E-state index in [0.717, 1.165) is 16.8 Å². The van der Waals surface area contributed by atoms with Gasteiger partial charge in [0.15, 0.2) is 5.82 Å². The van der Waals surface area contributed by atoms with Crippen LogP contribution in [0.3, 0.4) is 0 Å². The van der Waals surface area contributed by atoms with Crippen molar-refractivity contribution in [1.82, 2.24) is 9.78 Å². The van der Waals surface area contributed by atoms with Gasteiger partial charge in [-0.05, 0) is 23.3 Å². The molecule has 0 fully saturated rings. The van der Waals surface area contributed by atoms with Crippen LogP contribution in [0.4, 0.5) is 11.5 Å². The monoisotopic (exact) mass is 361 g/mol. The highest BCUT2D eigenvalue weighted by Crippen LogP contribution is 2.37. The van der Waals surface area contributed by atoms with E-state index in [0.29, 0.717) is 18.8 Å². The molecule has 0 bridgehead atoms. The number of aromatic nitrogens is 2. The third-order valence-electron chi connectivity index (χ3n) is 4.72. The van der Waals surface area contributed by atoms with Crippen LogP contribution in [0.2, 0.25) is 0 Å². The maximum absolute atomic E-state index is 12.3. The molecule has 0 amide bonds. The second-order valence-corrected chi connectivity index (χ2v) is 6.41. The van der Waals surface area contributed by atoms with Crippen molar-refractivity contribution in [3.8, 4) is 0 Å². The maximum Gasteiger partial charge on any atom is 0.329 e. The van der Waals surface area contributed by atoms with E-state index < -0.39 is 6.04 Å². The summed E-state index contributed by atoms with van der Waals surface area (Å²) in [4.78, 5) is 26.5. The van der Waals surface area contributed by atoms with Crippen molar-refractivity contribution in [2.45, 2.75) is 19.0 Å². The second-order valence-electron chi connectivity index (χ2n) is 6.41. The van der Waals surface area contributed by atoms with Gasteiger partial charge in [-0.2, -0.15) is 5.10 Å². The molecule has 1 aromatic heterocycles. The molecule has 3 aromatic rings. The number of nitrogens with zero attached hydrogens (tertiary/aromatic N) is 3. The third-order valence-corrected chi connectivity index (χ3v) is 4.72. The van der Waals surface area contributed by atoms with E-state index in [2.05, 4.69) is 5.10 Å². The number of fused-ring (bicyclic) bond motifs is 1. The van der Waals surface area contributed by atoms with Crippen LogP contribution in [0, 0.1) is 0 Å². The number of hydrogen-bond acceptors (Lipinski definition) is 5. The molecule has 136 valence electrons. The molecule has 2 heterocycles. The summed E-state index contributed by atoms with van der Waals surface area (Å²) in [6, 6.07) is 20.1. The maximum atomic E-state index is 12.3. The van der Waals surface area contributed by atoms with Crippen LogP contribution in [0.5, 0.6) is 0 Å². The van der Waals surface area contributed by atoms with Gasteiger partial charge >= 0.3 is 5.97 Å². The number of para-hydroxylation sites is 1. The Bertz CT molecular complexity index is 1030. The van der Waals surface area contributed by atoms with Crippen molar-refractivity contribution in [1.29, 1.82) is 0 Å². The van der Waals surface area contributed by atoms with Crippen molar-refractivity contribution in [2.75, 3.05) is 12.0 Å². The van der Waals surface area contributed by atoms with Crippen LogP contribution in [-0.4, -0.2) is 28.9 Å². The molecular formula is C21H19N3O3. The van der Waals surface area contributed by atoms with E-state index in [9.17, 15) is 9.59 Å². The first-order valence-corrected chi connectivity index (χ1v) is 8.74. The average molecular weight is 361 g/mol. The Morgan fingerprint density at radius 2 is 1.81 bits per heavy atom. The zero-order valence-electron chi connectivity index (χ0n) is 14.9. The van der Waals surface area contributed by atoms with E-state index >= 15 is 0 Å². The summed E-state index contributed by atoms with van der Waals surface area (Å²) in [6.45, 7) is 0.367. The fourth-order valence-electron chi connectivity index (χ4n) is 3.43. The van der Waals surface area contributed by atoms with Gasteiger partial charge in [-0.25, -0.2) is 9.48 Å². The van der Waals surface area contributed by atoms with Crippen molar-refractivity contribution in [3.05, 3.63) is 88.2 Å². The first-order chi connectivity index (χ1) is 13.2. The van der Waals surface area contributed by atoms with Crippen molar-refractivity contribution in [3.63, 3.8) is 0 Å². The number of hydrogen-bond donors (Lipinski definition) is 0. The molecule has 0 aliphatic carbocycles. The van der Waals surface area contributed by atoms with E-state index in [1.165, 1.54) is 17.9 Å². The summed E-state index contributed by atoms with van der Waals surface area (Å²) >= 11 is 0. The predicted octanol–water partition coefficient (Wildman–Crippen LogP) is 2.53. The third kappa shape index (κ3) is 3.21. The largest absolute Gasteiger partial charge is 0.467 e. The first-order valence-electron chi connectivity index (χ1n) is 8.74. The molecule has 0 N–H and O–H groups in total. The second kappa shape index (κ2) is 7.07.